The van der Waals surface area contributed by atoms with Gasteiger partial charge in [0.1, 0.15) is 5.82 Å². The van der Waals surface area contributed by atoms with Gasteiger partial charge in [-0.25, -0.2) is 17.5 Å². The molecule has 1 aliphatic heterocycles. The number of nitrogens with one attached hydrogen (secondary N) is 1. The van der Waals surface area contributed by atoms with Crippen molar-refractivity contribution < 1.29 is 17.7 Å². The van der Waals surface area contributed by atoms with Crippen molar-refractivity contribution in [1.82, 2.24) is 4.72 Å². The second-order valence-electron chi connectivity index (χ2n) is 6.59. The van der Waals surface area contributed by atoms with E-state index in [0.29, 0.717) is 31.6 Å². The minimum Gasteiger partial charge on any atom is -0.368 e. The highest BCUT2D eigenvalue weighted by Crippen LogP contribution is 2.27. The fraction of sp³-hybridized carbons (Fsp3) is 0.333. The Hall–Kier alpha value is -2.52. The van der Waals surface area contributed by atoms with Gasteiger partial charge >= 0.3 is 0 Å². The van der Waals surface area contributed by atoms with Gasteiger partial charge < -0.3 is 4.90 Å². The number of anilines is 1. The maximum Gasteiger partial charge on any atom is 0.289 e. The molecule has 2 aromatic rings. The first-order chi connectivity index (χ1) is 12.8. The minimum atomic E-state index is -4.07. The van der Waals surface area contributed by atoms with E-state index in [2.05, 4.69) is 4.72 Å². The van der Waals surface area contributed by atoms with E-state index in [1.165, 1.54) is 24.3 Å². The van der Waals surface area contributed by atoms with Gasteiger partial charge in [0, 0.05) is 25.2 Å². The number of nitrogens with zero attached hydrogens (tertiary/aromatic N) is 2. The van der Waals surface area contributed by atoms with Crippen molar-refractivity contribution in [2.45, 2.75) is 30.7 Å². The van der Waals surface area contributed by atoms with Crippen LogP contribution in [0.25, 0.3) is 0 Å². The number of nitro groups is 1. The molecule has 2 aromatic carbocycles. The molecule has 0 saturated carbocycles. The van der Waals surface area contributed by atoms with E-state index in [1.807, 2.05) is 6.92 Å². The van der Waals surface area contributed by atoms with E-state index in [0.717, 1.165) is 11.6 Å². The van der Waals surface area contributed by atoms with Crippen molar-refractivity contribution in [2.75, 3.05) is 18.0 Å². The number of hydrogen-bond acceptors (Lipinski definition) is 5. The maximum atomic E-state index is 14.2. The summed E-state index contributed by atoms with van der Waals surface area (Å²) >= 11 is 0. The van der Waals surface area contributed by atoms with Crippen molar-refractivity contribution in [3.8, 4) is 0 Å². The van der Waals surface area contributed by atoms with Crippen LogP contribution in [0.5, 0.6) is 0 Å². The summed E-state index contributed by atoms with van der Waals surface area (Å²) < 4.78 is 42.1. The van der Waals surface area contributed by atoms with Crippen LogP contribution < -0.4 is 9.62 Å². The van der Waals surface area contributed by atoms with Gasteiger partial charge in [0.05, 0.1) is 10.6 Å². The van der Waals surface area contributed by atoms with E-state index < -0.39 is 26.7 Å². The van der Waals surface area contributed by atoms with E-state index >= 15 is 0 Å². The summed E-state index contributed by atoms with van der Waals surface area (Å²) in [7, 11) is -4.07. The highest BCUT2D eigenvalue weighted by molar-refractivity contribution is 7.89. The van der Waals surface area contributed by atoms with Crippen LogP contribution in [0, 0.1) is 22.9 Å². The average Bonchev–Trinajstić information content (AvgIpc) is 2.63. The molecule has 0 spiro atoms. The third-order valence-electron chi connectivity index (χ3n) is 4.54. The molecular weight excluding hydrogens is 373 g/mol. The van der Waals surface area contributed by atoms with Gasteiger partial charge in [0.15, 0.2) is 4.90 Å². The van der Waals surface area contributed by atoms with Crippen LogP contribution in [0.4, 0.5) is 15.8 Å². The fourth-order valence-electron chi connectivity index (χ4n) is 3.28. The van der Waals surface area contributed by atoms with E-state index in [1.54, 1.807) is 17.0 Å². The quantitative estimate of drug-likeness (QED) is 0.623. The van der Waals surface area contributed by atoms with Gasteiger partial charge in [-0.05, 0) is 43.5 Å². The zero-order valence-corrected chi connectivity index (χ0v) is 15.6. The summed E-state index contributed by atoms with van der Waals surface area (Å²) in [4.78, 5) is 11.8. The topological polar surface area (TPSA) is 92.6 Å². The first-order valence-electron chi connectivity index (χ1n) is 8.55. The minimum absolute atomic E-state index is 0.292. The molecule has 0 bridgehead atoms. The summed E-state index contributed by atoms with van der Waals surface area (Å²) in [5.74, 6) is -0.359. The number of halogens is 1. The molecule has 9 heteroatoms. The molecule has 0 aliphatic carbocycles. The molecule has 144 valence electrons. The Bertz CT molecular complexity index is 965. The largest absolute Gasteiger partial charge is 0.368 e. The molecule has 1 fully saturated rings. The van der Waals surface area contributed by atoms with Crippen molar-refractivity contribution in [3.63, 3.8) is 0 Å². The monoisotopic (exact) mass is 393 g/mol. The number of hydrogen-bond donors (Lipinski definition) is 1. The third-order valence-corrected chi connectivity index (χ3v) is 6.10. The summed E-state index contributed by atoms with van der Waals surface area (Å²) in [6, 6.07) is 9.56. The summed E-state index contributed by atoms with van der Waals surface area (Å²) in [5.41, 5.74) is 0.876. The molecule has 1 unspecified atom stereocenters. The molecule has 1 N–H and O–H groups in total. The van der Waals surface area contributed by atoms with Crippen molar-refractivity contribution in [3.05, 3.63) is 64.0 Å². The molecule has 27 heavy (non-hydrogen) atoms. The Labute approximate surface area is 157 Å². The first-order valence-corrected chi connectivity index (χ1v) is 10.0. The normalized spacial score (nSPS) is 17.7. The van der Waals surface area contributed by atoms with Gasteiger partial charge in [0.25, 0.3) is 5.69 Å². The maximum absolute atomic E-state index is 14.2. The zero-order chi connectivity index (χ0) is 19.6. The summed E-state index contributed by atoms with van der Waals surface area (Å²) in [6.07, 6.45) is 1.25. The van der Waals surface area contributed by atoms with Gasteiger partial charge in [0.2, 0.25) is 10.0 Å². The van der Waals surface area contributed by atoms with E-state index in [-0.39, 0.29) is 10.7 Å². The molecule has 1 saturated heterocycles. The van der Waals surface area contributed by atoms with Crippen molar-refractivity contribution >= 4 is 21.4 Å². The van der Waals surface area contributed by atoms with Crippen LogP contribution in [0.2, 0.25) is 0 Å². The molecule has 0 aromatic heterocycles. The van der Waals surface area contributed by atoms with E-state index in [4.69, 9.17) is 0 Å². The van der Waals surface area contributed by atoms with Crippen LogP contribution in [0.15, 0.2) is 47.4 Å². The Balaban J connectivity index is 1.81. The van der Waals surface area contributed by atoms with Crippen LogP contribution in [0.3, 0.4) is 0 Å². The van der Waals surface area contributed by atoms with Crippen molar-refractivity contribution in [1.29, 1.82) is 0 Å². The molecule has 7 nitrogen and oxygen atoms in total. The highest BCUT2D eigenvalue weighted by atomic mass is 32.2. The molecule has 0 amide bonds. The third kappa shape index (κ3) is 4.25. The zero-order valence-electron chi connectivity index (χ0n) is 14.8. The van der Waals surface area contributed by atoms with Gasteiger partial charge in [-0.15, -0.1) is 0 Å². The smallest absolute Gasteiger partial charge is 0.289 e. The lowest BCUT2D eigenvalue weighted by molar-refractivity contribution is -0.387. The Morgan fingerprint density at radius 1 is 1.26 bits per heavy atom. The molecule has 1 heterocycles. The number of para-hydroxylation sites is 1. The molecule has 0 radical (unpaired) electrons. The lowest BCUT2D eigenvalue weighted by atomic mass is 10.1. The molecule has 1 aliphatic rings. The summed E-state index contributed by atoms with van der Waals surface area (Å²) in [6.45, 7) is 2.77. The second kappa shape index (κ2) is 7.61. The van der Waals surface area contributed by atoms with Gasteiger partial charge in [-0.3, -0.25) is 10.1 Å². The molecule has 1 atom stereocenters. The number of piperidine rings is 1. The molecule has 3 rings (SSSR count). The Morgan fingerprint density at radius 3 is 2.74 bits per heavy atom. The predicted octanol–water partition coefficient (Wildman–Crippen LogP) is 2.99. The lowest BCUT2D eigenvalue weighted by Crippen LogP contribution is -2.48. The predicted molar refractivity (Wildman–Crippen MR) is 99.8 cm³/mol. The Morgan fingerprint density at radius 2 is 2.00 bits per heavy atom. The first kappa shape index (κ1) is 19.2. The number of sulfonamides is 1. The summed E-state index contributed by atoms with van der Waals surface area (Å²) in [5, 5.41) is 11.1. The fourth-order valence-corrected chi connectivity index (χ4v) is 4.71. The van der Waals surface area contributed by atoms with Crippen LogP contribution >= 0.6 is 0 Å². The highest BCUT2D eigenvalue weighted by Gasteiger charge is 2.30. The number of rotatable bonds is 5. The standard InChI is InChI=1S/C18H20FN3O4S/c1-13-8-9-15(19)17(11-13)21-10-4-5-14(12-21)20-27(25,26)18-7-3-2-6-16(18)22(23)24/h2-3,6-9,11,14,20H,4-5,10,12H2,1H3. The lowest BCUT2D eigenvalue weighted by Gasteiger charge is -2.34. The van der Waals surface area contributed by atoms with Crippen LogP contribution in [0.1, 0.15) is 18.4 Å². The van der Waals surface area contributed by atoms with Crippen LogP contribution in [-0.4, -0.2) is 32.5 Å². The average molecular weight is 393 g/mol. The SMILES string of the molecule is Cc1ccc(F)c(N2CCCC(NS(=O)(=O)c3ccccc3[N+](=O)[O-])C2)c1. The van der Waals surface area contributed by atoms with Crippen molar-refractivity contribution in [2.24, 2.45) is 0 Å². The number of nitro benzene ring substituents is 1. The number of aryl methyl sites for hydroxylation is 1. The van der Waals surface area contributed by atoms with E-state index in [9.17, 15) is 22.9 Å². The van der Waals surface area contributed by atoms with Crippen LogP contribution in [-0.2, 0) is 10.0 Å². The second-order valence-corrected chi connectivity index (χ2v) is 8.27. The van der Waals surface area contributed by atoms with Gasteiger partial charge in [-0.2, -0.15) is 0 Å². The number of benzene rings is 2. The molecular formula is C18H20FN3O4S. The Kier molecular flexibility index (Phi) is 5.43. The van der Waals surface area contributed by atoms with Gasteiger partial charge in [-0.1, -0.05) is 18.2 Å².